The van der Waals surface area contributed by atoms with Crippen molar-refractivity contribution in [3.05, 3.63) is 36.0 Å². The smallest absolute Gasteiger partial charge is 0.317 e. The summed E-state index contributed by atoms with van der Waals surface area (Å²) in [5.74, 6) is 0.451. The molecule has 110 valence electrons. The minimum Gasteiger partial charge on any atom is -0.347 e. The first kappa shape index (κ1) is 12.7. The van der Waals surface area contributed by atoms with Crippen molar-refractivity contribution in [2.45, 2.75) is 31.2 Å². The molecule has 1 aromatic heterocycles. The highest BCUT2D eigenvalue weighted by Crippen LogP contribution is 2.31. The summed E-state index contributed by atoms with van der Waals surface area (Å²) in [5, 5.41) is 4.38. The molecule has 1 N–H and O–H groups in total. The molecule has 1 atom stereocenters. The number of para-hydroxylation sites is 1. The summed E-state index contributed by atoms with van der Waals surface area (Å²) in [5.41, 5.74) is 2.62. The van der Waals surface area contributed by atoms with Crippen molar-refractivity contribution < 1.29 is 4.79 Å². The van der Waals surface area contributed by atoms with Crippen molar-refractivity contribution in [3.63, 3.8) is 0 Å². The Hall–Kier alpha value is -1.97. The molecule has 1 aliphatic carbocycles. The van der Waals surface area contributed by atoms with E-state index in [1.54, 1.807) is 0 Å². The first-order chi connectivity index (χ1) is 10.2. The molecule has 4 rings (SSSR count). The fourth-order valence-electron chi connectivity index (χ4n) is 3.38. The predicted molar refractivity (Wildman–Crippen MR) is 83.4 cm³/mol. The zero-order valence-electron chi connectivity index (χ0n) is 12.4. The number of amides is 2. The number of nitrogens with one attached hydrogen (secondary N) is 1. The summed E-state index contributed by atoms with van der Waals surface area (Å²) in [4.78, 5) is 14.1. The number of carbonyl (C=O) groups excluding carboxylic acids is 1. The van der Waals surface area contributed by atoms with Crippen LogP contribution in [0.1, 0.15) is 30.9 Å². The van der Waals surface area contributed by atoms with Crippen molar-refractivity contribution in [2.75, 3.05) is 13.1 Å². The van der Waals surface area contributed by atoms with Gasteiger partial charge in [-0.3, -0.25) is 0 Å². The molecule has 0 bridgehead atoms. The maximum atomic E-state index is 12.1. The third-order valence-electron chi connectivity index (χ3n) is 4.79. The second-order valence-corrected chi connectivity index (χ2v) is 6.34. The monoisotopic (exact) mass is 283 g/mol. The summed E-state index contributed by atoms with van der Waals surface area (Å²) in [6.45, 7) is 1.70. The van der Waals surface area contributed by atoms with Crippen LogP contribution < -0.4 is 5.32 Å². The molecule has 1 aliphatic heterocycles. The van der Waals surface area contributed by atoms with Gasteiger partial charge in [0.15, 0.2) is 0 Å². The van der Waals surface area contributed by atoms with E-state index >= 15 is 0 Å². The van der Waals surface area contributed by atoms with Gasteiger partial charge in [-0.2, -0.15) is 0 Å². The Balaban J connectivity index is 1.53. The van der Waals surface area contributed by atoms with Gasteiger partial charge in [-0.1, -0.05) is 18.2 Å². The Morgan fingerprint density at radius 1 is 1.24 bits per heavy atom. The van der Waals surface area contributed by atoms with Crippen LogP contribution in [0.15, 0.2) is 30.3 Å². The molecule has 21 heavy (non-hydrogen) atoms. The molecule has 2 amide bonds. The molecule has 2 aromatic rings. The third kappa shape index (κ3) is 2.28. The third-order valence-corrected chi connectivity index (χ3v) is 4.79. The molecule has 4 heteroatoms. The summed E-state index contributed by atoms with van der Waals surface area (Å²) >= 11 is 0. The standard InChI is InChI=1S/C17H21N3O/c1-19-15-5-3-2-4-12(15)10-16(19)13-8-9-20(11-13)17(21)18-14-6-7-14/h2-5,10,13-14H,6-9,11H2,1H3,(H,18,21). The number of nitrogens with zero attached hydrogens (tertiary/aromatic N) is 2. The van der Waals surface area contributed by atoms with Gasteiger partial charge >= 0.3 is 6.03 Å². The normalized spacial score (nSPS) is 22.0. The number of carbonyl (C=O) groups is 1. The fraction of sp³-hybridized carbons (Fsp3) is 0.471. The number of hydrogen-bond acceptors (Lipinski definition) is 1. The topological polar surface area (TPSA) is 37.3 Å². The highest BCUT2D eigenvalue weighted by atomic mass is 16.2. The van der Waals surface area contributed by atoms with Crippen molar-refractivity contribution in [1.29, 1.82) is 0 Å². The highest BCUT2D eigenvalue weighted by Gasteiger charge is 2.32. The minimum absolute atomic E-state index is 0.124. The Morgan fingerprint density at radius 3 is 2.81 bits per heavy atom. The number of rotatable bonds is 2. The van der Waals surface area contributed by atoms with Crippen molar-refractivity contribution in [3.8, 4) is 0 Å². The van der Waals surface area contributed by atoms with E-state index in [4.69, 9.17) is 0 Å². The molecule has 1 aromatic carbocycles. The Morgan fingerprint density at radius 2 is 2.05 bits per heavy atom. The largest absolute Gasteiger partial charge is 0.347 e. The minimum atomic E-state index is 0.124. The number of aryl methyl sites for hydroxylation is 1. The molecule has 4 nitrogen and oxygen atoms in total. The van der Waals surface area contributed by atoms with Crippen LogP contribution in [0.4, 0.5) is 4.79 Å². The van der Waals surface area contributed by atoms with E-state index in [1.807, 2.05) is 4.90 Å². The molecule has 2 aliphatic rings. The van der Waals surface area contributed by atoms with E-state index in [0.29, 0.717) is 12.0 Å². The Labute approximate surface area is 124 Å². The van der Waals surface area contributed by atoms with E-state index in [-0.39, 0.29) is 6.03 Å². The number of hydrogen-bond donors (Lipinski definition) is 1. The molecule has 1 saturated heterocycles. The van der Waals surface area contributed by atoms with Crippen LogP contribution in [0.2, 0.25) is 0 Å². The lowest BCUT2D eigenvalue weighted by Crippen LogP contribution is -2.39. The van der Waals surface area contributed by atoms with Crippen LogP contribution in [0.5, 0.6) is 0 Å². The highest BCUT2D eigenvalue weighted by molar-refractivity contribution is 5.81. The van der Waals surface area contributed by atoms with Gasteiger partial charge in [0.1, 0.15) is 0 Å². The van der Waals surface area contributed by atoms with Gasteiger partial charge < -0.3 is 14.8 Å². The second kappa shape index (κ2) is 4.79. The van der Waals surface area contributed by atoms with Gasteiger partial charge in [0, 0.05) is 43.3 Å². The van der Waals surface area contributed by atoms with Crippen molar-refractivity contribution >= 4 is 16.9 Å². The van der Waals surface area contributed by atoms with Crippen LogP contribution in [0, 0.1) is 0 Å². The lowest BCUT2D eigenvalue weighted by molar-refractivity contribution is 0.207. The van der Waals surface area contributed by atoms with Gasteiger partial charge in [-0.25, -0.2) is 4.79 Å². The number of urea groups is 1. The molecular formula is C17H21N3O. The van der Waals surface area contributed by atoms with E-state index in [1.165, 1.54) is 16.6 Å². The summed E-state index contributed by atoms with van der Waals surface area (Å²) < 4.78 is 2.28. The van der Waals surface area contributed by atoms with Gasteiger partial charge in [0.2, 0.25) is 0 Å². The maximum absolute atomic E-state index is 12.1. The van der Waals surface area contributed by atoms with Crippen LogP contribution in [0.3, 0.4) is 0 Å². The first-order valence-corrected chi connectivity index (χ1v) is 7.82. The van der Waals surface area contributed by atoms with Crippen molar-refractivity contribution in [2.24, 2.45) is 7.05 Å². The summed E-state index contributed by atoms with van der Waals surface area (Å²) in [7, 11) is 2.13. The quantitative estimate of drug-likeness (QED) is 0.904. The van der Waals surface area contributed by atoms with E-state index < -0.39 is 0 Å². The van der Waals surface area contributed by atoms with Crippen LogP contribution >= 0.6 is 0 Å². The van der Waals surface area contributed by atoms with E-state index in [0.717, 1.165) is 32.4 Å². The second-order valence-electron chi connectivity index (χ2n) is 6.34. The summed E-state index contributed by atoms with van der Waals surface area (Å²) in [6.07, 6.45) is 3.35. The maximum Gasteiger partial charge on any atom is 0.317 e. The number of benzene rings is 1. The zero-order valence-corrected chi connectivity index (χ0v) is 12.4. The lowest BCUT2D eigenvalue weighted by Gasteiger charge is -2.17. The fourth-order valence-corrected chi connectivity index (χ4v) is 3.38. The number of fused-ring (bicyclic) bond motifs is 1. The molecule has 1 unspecified atom stereocenters. The molecular weight excluding hydrogens is 262 g/mol. The molecule has 0 spiro atoms. The number of likely N-dealkylation sites (tertiary alicyclic amines) is 1. The van der Waals surface area contributed by atoms with Gasteiger partial charge in [-0.15, -0.1) is 0 Å². The van der Waals surface area contributed by atoms with E-state index in [2.05, 4.69) is 47.3 Å². The SMILES string of the molecule is Cn1c(C2CCN(C(=O)NC3CC3)C2)cc2ccccc21. The van der Waals surface area contributed by atoms with Gasteiger partial charge in [-0.05, 0) is 36.8 Å². The first-order valence-electron chi connectivity index (χ1n) is 7.82. The van der Waals surface area contributed by atoms with Crippen LogP contribution in [-0.4, -0.2) is 34.6 Å². The van der Waals surface area contributed by atoms with Gasteiger partial charge in [0.05, 0.1) is 0 Å². The lowest BCUT2D eigenvalue weighted by atomic mass is 10.0. The average molecular weight is 283 g/mol. The van der Waals surface area contributed by atoms with Crippen LogP contribution in [-0.2, 0) is 7.05 Å². The molecule has 1 saturated carbocycles. The Bertz CT molecular complexity index is 686. The molecule has 0 radical (unpaired) electrons. The summed E-state index contributed by atoms with van der Waals surface area (Å²) in [6, 6.07) is 11.3. The van der Waals surface area contributed by atoms with Crippen molar-refractivity contribution in [1.82, 2.24) is 14.8 Å². The average Bonchev–Trinajstić information content (AvgIpc) is 3.06. The van der Waals surface area contributed by atoms with E-state index in [9.17, 15) is 4.79 Å². The predicted octanol–water partition coefficient (Wildman–Crippen LogP) is 2.84. The Kier molecular flexibility index (Phi) is 2.91. The van der Waals surface area contributed by atoms with Crippen LogP contribution in [0.25, 0.3) is 10.9 Å². The molecule has 2 fully saturated rings. The number of aromatic nitrogens is 1. The zero-order chi connectivity index (χ0) is 14.4. The molecule has 2 heterocycles. The van der Waals surface area contributed by atoms with Gasteiger partial charge in [0.25, 0.3) is 0 Å².